The number of rotatable bonds is 3. The van der Waals surface area contributed by atoms with Gasteiger partial charge in [0.2, 0.25) is 5.91 Å². The normalized spacial score (nSPS) is 16.8. The Morgan fingerprint density at radius 3 is 2.76 bits per heavy atom. The first-order valence-corrected chi connectivity index (χ1v) is 6.47. The van der Waals surface area contributed by atoms with Crippen molar-refractivity contribution in [3.8, 4) is 0 Å². The molecule has 2 N–H and O–H groups in total. The van der Waals surface area contributed by atoms with E-state index < -0.39 is 23.9 Å². The smallest absolute Gasteiger partial charge is 0.413 e. The van der Waals surface area contributed by atoms with E-state index in [-0.39, 0.29) is 6.54 Å². The average molecular weight is 292 g/mol. The topological polar surface area (TPSA) is 95.9 Å². The van der Waals surface area contributed by atoms with Crippen LogP contribution in [0.25, 0.3) is 0 Å². The number of fused-ring (bicyclic) bond motifs is 1. The number of carboxylic acid groups (broad SMARTS) is 1. The Hall–Kier alpha value is -2.57. The third-order valence-corrected chi connectivity index (χ3v) is 3.40. The Labute approximate surface area is 121 Å². The first kappa shape index (κ1) is 14.8. The minimum absolute atomic E-state index is 0.0293. The summed E-state index contributed by atoms with van der Waals surface area (Å²) in [5.74, 6) is -1.94. The van der Waals surface area contributed by atoms with Gasteiger partial charge in [-0.15, -0.1) is 0 Å². The lowest BCUT2D eigenvalue weighted by molar-refractivity contribution is -0.139. The highest BCUT2D eigenvalue weighted by Crippen LogP contribution is 2.34. The number of carbonyl (C=O) groups is 3. The molecule has 1 unspecified atom stereocenters. The highest BCUT2D eigenvalue weighted by molar-refractivity contribution is 5.94. The second-order valence-electron chi connectivity index (χ2n) is 4.70. The summed E-state index contributed by atoms with van der Waals surface area (Å²) in [5.41, 5.74) is 1.39. The summed E-state index contributed by atoms with van der Waals surface area (Å²) in [6, 6.07) is 7.08. The molecular weight excluding hydrogens is 276 g/mol. The van der Waals surface area contributed by atoms with Crippen LogP contribution >= 0.6 is 0 Å². The molecule has 112 valence electrons. The second-order valence-corrected chi connectivity index (χ2v) is 4.70. The zero-order valence-corrected chi connectivity index (χ0v) is 11.5. The van der Waals surface area contributed by atoms with Crippen LogP contribution in [-0.4, -0.2) is 43.3 Å². The fourth-order valence-electron chi connectivity index (χ4n) is 2.43. The summed E-state index contributed by atoms with van der Waals surface area (Å²) in [6.45, 7) is 0.404. The second kappa shape index (κ2) is 6.25. The number of alkyl carbamates (subject to hydrolysis) is 1. The minimum Gasteiger partial charge on any atom is -0.481 e. The number of aliphatic carboxylic acids is 1. The van der Waals surface area contributed by atoms with Gasteiger partial charge in [0.15, 0.2) is 0 Å². The highest BCUT2D eigenvalue weighted by atomic mass is 16.5. The van der Waals surface area contributed by atoms with Crippen molar-refractivity contribution in [3.63, 3.8) is 0 Å². The van der Waals surface area contributed by atoms with Crippen LogP contribution in [0.15, 0.2) is 24.3 Å². The standard InChI is InChI=1S/C14H16N2O5/c1-21-14(20)15-12(17)8-16-7-6-10(13(18)19)9-4-2-3-5-11(9)16/h2-5,10H,6-8H2,1H3,(H,18,19)(H,15,17,20). The minimum atomic E-state index is -0.874. The van der Waals surface area contributed by atoms with E-state index in [4.69, 9.17) is 0 Å². The maximum atomic E-state index is 11.7. The first-order chi connectivity index (χ1) is 10.0. The van der Waals surface area contributed by atoms with Crippen LogP contribution in [0.2, 0.25) is 0 Å². The van der Waals surface area contributed by atoms with E-state index in [1.807, 2.05) is 0 Å². The molecule has 1 heterocycles. The van der Waals surface area contributed by atoms with E-state index in [1.54, 1.807) is 29.2 Å². The van der Waals surface area contributed by atoms with E-state index in [1.165, 1.54) is 7.11 Å². The van der Waals surface area contributed by atoms with E-state index in [0.717, 1.165) is 0 Å². The summed E-state index contributed by atoms with van der Waals surface area (Å²) < 4.78 is 4.36. The molecule has 2 rings (SSSR count). The zero-order chi connectivity index (χ0) is 15.4. The Bertz CT molecular complexity index is 572. The van der Waals surface area contributed by atoms with Crippen molar-refractivity contribution in [2.24, 2.45) is 0 Å². The molecule has 7 nitrogen and oxygen atoms in total. The highest BCUT2D eigenvalue weighted by Gasteiger charge is 2.30. The van der Waals surface area contributed by atoms with E-state index in [2.05, 4.69) is 10.1 Å². The van der Waals surface area contributed by atoms with Crippen LogP contribution in [0.4, 0.5) is 10.5 Å². The molecule has 2 amide bonds. The van der Waals surface area contributed by atoms with Gasteiger partial charge in [0.25, 0.3) is 0 Å². The molecule has 0 radical (unpaired) electrons. The molecule has 1 aliphatic heterocycles. The number of imide groups is 1. The van der Waals surface area contributed by atoms with Crippen molar-refractivity contribution in [1.82, 2.24) is 5.32 Å². The van der Waals surface area contributed by atoms with Gasteiger partial charge < -0.3 is 14.7 Å². The Morgan fingerprint density at radius 1 is 1.38 bits per heavy atom. The van der Waals surface area contributed by atoms with Crippen LogP contribution in [0.5, 0.6) is 0 Å². The third-order valence-electron chi connectivity index (χ3n) is 3.40. The molecule has 0 spiro atoms. The van der Waals surface area contributed by atoms with Crippen LogP contribution in [-0.2, 0) is 14.3 Å². The number of hydrogen-bond donors (Lipinski definition) is 2. The number of hydrogen-bond acceptors (Lipinski definition) is 5. The summed E-state index contributed by atoms with van der Waals surface area (Å²) in [6.07, 6.45) is -0.397. The zero-order valence-electron chi connectivity index (χ0n) is 11.5. The molecule has 1 aromatic rings. The number of anilines is 1. The van der Waals surface area contributed by atoms with Crippen LogP contribution in [0.3, 0.4) is 0 Å². The summed E-state index contributed by atoms with van der Waals surface area (Å²) in [5, 5.41) is 11.3. The maximum absolute atomic E-state index is 11.7. The molecule has 0 fully saturated rings. The summed E-state index contributed by atoms with van der Waals surface area (Å²) >= 11 is 0. The molecule has 0 saturated heterocycles. The quantitative estimate of drug-likeness (QED) is 0.861. The number of para-hydroxylation sites is 1. The molecule has 1 atom stereocenters. The van der Waals surface area contributed by atoms with Crippen LogP contribution in [0, 0.1) is 0 Å². The third kappa shape index (κ3) is 3.31. The molecule has 0 saturated carbocycles. The lowest BCUT2D eigenvalue weighted by atomic mass is 9.90. The average Bonchev–Trinajstić information content (AvgIpc) is 2.47. The van der Waals surface area contributed by atoms with Gasteiger partial charge >= 0.3 is 12.1 Å². The number of amides is 2. The van der Waals surface area contributed by atoms with E-state index >= 15 is 0 Å². The molecule has 1 aromatic carbocycles. The van der Waals surface area contributed by atoms with Gasteiger partial charge in [-0.25, -0.2) is 4.79 Å². The van der Waals surface area contributed by atoms with Crippen molar-refractivity contribution in [2.75, 3.05) is 25.1 Å². The largest absolute Gasteiger partial charge is 0.481 e. The van der Waals surface area contributed by atoms with Crippen molar-refractivity contribution in [3.05, 3.63) is 29.8 Å². The predicted octanol–water partition coefficient (Wildman–Crippen LogP) is 0.948. The van der Waals surface area contributed by atoms with Gasteiger partial charge in [0.05, 0.1) is 19.6 Å². The molecule has 0 aliphatic carbocycles. The van der Waals surface area contributed by atoms with Crippen molar-refractivity contribution >= 4 is 23.7 Å². The molecular formula is C14H16N2O5. The van der Waals surface area contributed by atoms with E-state index in [0.29, 0.717) is 24.2 Å². The lowest BCUT2D eigenvalue weighted by Gasteiger charge is -2.33. The van der Waals surface area contributed by atoms with E-state index in [9.17, 15) is 19.5 Å². The molecule has 21 heavy (non-hydrogen) atoms. The van der Waals surface area contributed by atoms with Gasteiger partial charge in [-0.3, -0.25) is 14.9 Å². The Balaban J connectivity index is 2.16. The van der Waals surface area contributed by atoms with Crippen molar-refractivity contribution in [1.29, 1.82) is 0 Å². The van der Waals surface area contributed by atoms with Gasteiger partial charge in [0.1, 0.15) is 0 Å². The fraction of sp³-hybridized carbons (Fsp3) is 0.357. The molecule has 0 bridgehead atoms. The maximum Gasteiger partial charge on any atom is 0.413 e. The lowest BCUT2D eigenvalue weighted by Crippen LogP contribution is -2.43. The Morgan fingerprint density at radius 2 is 2.10 bits per heavy atom. The molecule has 1 aliphatic rings. The SMILES string of the molecule is COC(=O)NC(=O)CN1CCC(C(=O)O)c2ccccc21. The number of nitrogens with zero attached hydrogens (tertiary/aromatic N) is 1. The number of methoxy groups -OCH3 is 1. The number of benzene rings is 1. The van der Waals surface area contributed by atoms with Crippen molar-refractivity contribution in [2.45, 2.75) is 12.3 Å². The van der Waals surface area contributed by atoms with Gasteiger partial charge in [0, 0.05) is 12.2 Å². The fourth-order valence-corrected chi connectivity index (χ4v) is 2.43. The number of carboxylic acids is 1. The van der Waals surface area contributed by atoms with Crippen molar-refractivity contribution < 1.29 is 24.2 Å². The number of ether oxygens (including phenoxy) is 1. The Kier molecular flexibility index (Phi) is 4.42. The summed E-state index contributed by atoms with van der Waals surface area (Å²) in [7, 11) is 1.18. The number of carbonyl (C=O) groups excluding carboxylic acids is 2. The van der Waals surface area contributed by atoms with Gasteiger partial charge in [-0.05, 0) is 18.1 Å². The first-order valence-electron chi connectivity index (χ1n) is 6.47. The predicted molar refractivity (Wildman–Crippen MR) is 74.2 cm³/mol. The molecule has 0 aromatic heterocycles. The van der Waals surface area contributed by atoms with Crippen LogP contribution in [0.1, 0.15) is 17.9 Å². The van der Waals surface area contributed by atoms with Crippen LogP contribution < -0.4 is 10.2 Å². The molecule has 7 heteroatoms. The monoisotopic (exact) mass is 292 g/mol. The van der Waals surface area contributed by atoms with Gasteiger partial charge in [-0.2, -0.15) is 0 Å². The number of nitrogens with one attached hydrogen (secondary N) is 1. The van der Waals surface area contributed by atoms with Gasteiger partial charge in [-0.1, -0.05) is 18.2 Å². The summed E-state index contributed by atoms with van der Waals surface area (Å²) in [4.78, 5) is 35.8.